The summed E-state index contributed by atoms with van der Waals surface area (Å²) in [4.78, 5) is 19.2. The van der Waals surface area contributed by atoms with Gasteiger partial charge in [0.05, 0.1) is 0 Å². The number of benzene rings is 1. The average Bonchev–Trinajstić information content (AvgIpc) is 2.80. The number of hydrogen-bond acceptors (Lipinski definition) is 3. The molecule has 5 heteroatoms. The molecule has 2 aromatic heterocycles. The van der Waals surface area contributed by atoms with Gasteiger partial charge in [-0.25, -0.2) is 0 Å². The number of carbonyl (C=O) groups excluding carboxylic acids is 1. The van der Waals surface area contributed by atoms with Crippen molar-refractivity contribution >= 4 is 43.4 Å². The zero-order valence-electron chi connectivity index (χ0n) is 9.45. The SMILES string of the molecule is O=Cc1ccc(-c2ccc3nc[n]([Tl])c3c2)nc1. The van der Waals surface area contributed by atoms with E-state index in [0.717, 1.165) is 28.6 Å². The van der Waals surface area contributed by atoms with Crippen LogP contribution in [0.25, 0.3) is 22.3 Å². The third kappa shape index (κ3) is 1.96. The van der Waals surface area contributed by atoms with Gasteiger partial charge in [-0.05, 0) is 0 Å². The molecule has 84 valence electrons. The monoisotopic (exact) mass is 427 g/mol. The molecular formula is C13H8N3OTl. The molecule has 3 rings (SSSR count). The molecular weight excluding hydrogens is 419 g/mol. The maximum absolute atomic E-state index is 10.6. The van der Waals surface area contributed by atoms with Gasteiger partial charge in [0.2, 0.25) is 0 Å². The van der Waals surface area contributed by atoms with Crippen LogP contribution in [-0.4, -0.2) is 44.7 Å². The zero-order chi connectivity index (χ0) is 12.5. The summed E-state index contributed by atoms with van der Waals surface area (Å²) in [7, 11) is 0. The number of fused-ring (bicyclic) bond motifs is 1. The van der Waals surface area contributed by atoms with Gasteiger partial charge < -0.3 is 0 Å². The normalized spacial score (nSPS) is 10.6. The van der Waals surface area contributed by atoms with Crippen LogP contribution < -0.4 is 0 Å². The number of hydrogen-bond donors (Lipinski definition) is 0. The molecule has 18 heavy (non-hydrogen) atoms. The van der Waals surface area contributed by atoms with Crippen molar-refractivity contribution < 1.29 is 4.79 Å². The van der Waals surface area contributed by atoms with E-state index in [-0.39, 0.29) is 0 Å². The summed E-state index contributed by atoms with van der Waals surface area (Å²) in [5, 5.41) is 0. The Morgan fingerprint density at radius 3 is 2.78 bits per heavy atom. The fourth-order valence-electron chi connectivity index (χ4n) is 1.83. The van der Waals surface area contributed by atoms with Gasteiger partial charge in [-0.15, -0.1) is 0 Å². The first kappa shape index (κ1) is 11.5. The summed E-state index contributed by atoms with van der Waals surface area (Å²) in [5.41, 5.74) is 4.65. The zero-order valence-corrected chi connectivity index (χ0v) is 13.9. The van der Waals surface area contributed by atoms with Crippen LogP contribution in [0.4, 0.5) is 0 Å². The Morgan fingerprint density at radius 1 is 1.17 bits per heavy atom. The molecule has 0 unspecified atom stereocenters. The fourth-order valence-corrected chi connectivity index (χ4v) is 2.89. The van der Waals surface area contributed by atoms with E-state index in [0.29, 0.717) is 31.6 Å². The third-order valence-corrected chi connectivity index (χ3v) is 4.39. The Bertz CT molecular complexity index is 719. The quantitative estimate of drug-likeness (QED) is 0.464. The summed E-state index contributed by atoms with van der Waals surface area (Å²) >= 11 is 0.695. The van der Waals surface area contributed by atoms with Crippen LogP contribution >= 0.6 is 0 Å². The molecule has 0 saturated heterocycles. The standard InChI is InChI=1S/C13H9N3O.Tl/c17-7-9-1-3-11(14-6-9)10-2-4-12-13(5-10)16-8-15-12;/h1-8H,(H,14,15,16,17);/q;+1/p-1. The Morgan fingerprint density at radius 2 is 2.06 bits per heavy atom. The first-order valence-corrected chi connectivity index (χ1v) is 7.42. The molecule has 0 aliphatic rings. The second kappa shape index (κ2) is 4.60. The van der Waals surface area contributed by atoms with E-state index in [1.165, 1.54) is 0 Å². The number of imidazole rings is 1. The molecule has 0 amide bonds. The van der Waals surface area contributed by atoms with Gasteiger partial charge in [0.15, 0.2) is 0 Å². The van der Waals surface area contributed by atoms with Crippen molar-refractivity contribution in [3.63, 3.8) is 0 Å². The van der Waals surface area contributed by atoms with Crippen LogP contribution in [0.1, 0.15) is 10.4 Å². The van der Waals surface area contributed by atoms with Gasteiger partial charge in [0.1, 0.15) is 0 Å². The second-order valence-electron chi connectivity index (χ2n) is 3.95. The predicted molar refractivity (Wildman–Crippen MR) is 69.5 cm³/mol. The number of rotatable bonds is 2. The van der Waals surface area contributed by atoms with Crippen LogP contribution in [0.15, 0.2) is 42.9 Å². The molecule has 0 radical (unpaired) electrons. The van der Waals surface area contributed by atoms with Gasteiger partial charge in [-0.3, -0.25) is 0 Å². The van der Waals surface area contributed by atoms with Gasteiger partial charge in [-0.1, -0.05) is 0 Å². The molecule has 0 aliphatic heterocycles. The van der Waals surface area contributed by atoms with Crippen molar-refractivity contribution in [2.24, 2.45) is 0 Å². The number of pyridine rings is 1. The molecule has 0 bridgehead atoms. The van der Waals surface area contributed by atoms with Gasteiger partial charge in [0, 0.05) is 0 Å². The minimum atomic E-state index is 0.592. The van der Waals surface area contributed by atoms with E-state index in [1.54, 1.807) is 12.3 Å². The number of aromatic nitrogens is 3. The molecule has 0 spiro atoms. The summed E-state index contributed by atoms with van der Waals surface area (Å²) in [6.07, 6.45) is 4.25. The average molecular weight is 427 g/mol. The molecule has 1 aromatic carbocycles. The van der Waals surface area contributed by atoms with E-state index in [1.807, 2.05) is 24.5 Å². The van der Waals surface area contributed by atoms with Crippen molar-refractivity contribution in [3.8, 4) is 11.3 Å². The van der Waals surface area contributed by atoms with Gasteiger partial charge in [0.25, 0.3) is 0 Å². The van der Waals surface area contributed by atoms with Crippen LogP contribution in [0.3, 0.4) is 0 Å². The Balaban J connectivity index is 2.12. The molecule has 0 saturated carbocycles. The van der Waals surface area contributed by atoms with Crippen LogP contribution in [0.5, 0.6) is 0 Å². The maximum atomic E-state index is 10.6. The summed E-state index contributed by atoms with van der Waals surface area (Å²) in [6.45, 7) is 0. The number of nitrogens with zero attached hydrogens (tertiary/aromatic N) is 3. The van der Waals surface area contributed by atoms with Crippen molar-refractivity contribution in [1.29, 1.82) is 0 Å². The first-order valence-electron chi connectivity index (χ1n) is 5.42. The van der Waals surface area contributed by atoms with Gasteiger partial charge in [-0.2, -0.15) is 0 Å². The topological polar surface area (TPSA) is 47.8 Å². The third-order valence-electron chi connectivity index (χ3n) is 2.79. The molecule has 0 aliphatic carbocycles. The van der Waals surface area contributed by atoms with Gasteiger partial charge >= 0.3 is 120 Å². The number of aldehydes is 1. The second-order valence-corrected chi connectivity index (χ2v) is 6.11. The summed E-state index contributed by atoms with van der Waals surface area (Å²) in [6, 6.07) is 9.73. The Labute approximate surface area is 120 Å². The molecule has 3 aromatic rings. The Hall–Kier alpha value is -1.57. The van der Waals surface area contributed by atoms with Crippen molar-refractivity contribution in [2.75, 3.05) is 0 Å². The molecule has 0 fully saturated rings. The predicted octanol–water partition coefficient (Wildman–Crippen LogP) is 1.84. The van der Waals surface area contributed by atoms with E-state index in [2.05, 4.69) is 18.4 Å². The summed E-state index contributed by atoms with van der Waals surface area (Å²) in [5.74, 6) is 0. The molecule has 4 nitrogen and oxygen atoms in total. The molecule has 2 heterocycles. The van der Waals surface area contributed by atoms with Crippen LogP contribution in [-0.2, 0) is 0 Å². The number of carbonyl (C=O) groups is 1. The van der Waals surface area contributed by atoms with E-state index < -0.39 is 0 Å². The van der Waals surface area contributed by atoms with Crippen molar-refractivity contribution in [1.82, 2.24) is 12.3 Å². The van der Waals surface area contributed by atoms with Crippen LogP contribution in [0.2, 0.25) is 0 Å². The first-order chi connectivity index (χ1) is 8.78. The fraction of sp³-hybridized carbons (Fsp3) is 0. The molecule has 0 N–H and O–H groups in total. The van der Waals surface area contributed by atoms with Crippen molar-refractivity contribution in [2.45, 2.75) is 0 Å². The van der Waals surface area contributed by atoms with E-state index >= 15 is 0 Å². The summed E-state index contributed by atoms with van der Waals surface area (Å²) < 4.78 is 2.14. The van der Waals surface area contributed by atoms with E-state index in [9.17, 15) is 4.79 Å². The van der Waals surface area contributed by atoms with Crippen LogP contribution in [0, 0.1) is 0 Å². The molecule has 0 atom stereocenters. The van der Waals surface area contributed by atoms with E-state index in [4.69, 9.17) is 0 Å². The Kier molecular flexibility index (Phi) is 2.94. The minimum absolute atomic E-state index is 0.592. The van der Waals surface area contributed by atoms with Crippen molar-refractivity contribution in [3.05, 3.63) is 48.4 Å².